The fourth-order valence-corrected chi connectivity index (χ4v) is 2.28. The number of anilines is 2. The van der Waals surface area contributed by atoms with Crippen molar-refractivity contribution in [2.45, 2.75) is 6.92 Å². The van der Waals surface area contributed by atoms with Crippen LogP contribution in [0.1, 0.15) is 5.69 Å². The van der Waals surface area contributed by atoms with Crippen LogP contribution in [-0.2, 0) is 0 Å². The molecule has 0 saturated carbocycles. The highest BCUT2D eigenvalue weighted by Gasteiger charge is 2.04. The van der Waals surface area contributed by atoms with Gasteiger partial charge in [-0.2, -0.15) is 0 Å². The number of fused-ring (bicyclic) bond motifs is 1. The Morgan fingerprint density at radius 1 is 1.00 bits per heavy atom. The van der Waals surface area contributed by atoms with E-state index in [4.69, 9.17) is 11.6 Å². The minimum absolute atomic E-state index is 0.440. The second-order valence-corrected chi connectivity index (χ2v) is 4.69. The van der Waals surface area contributed by atoms with E-state index in [1.165, 1.54) is 5.39 Å². The normalized spacial score (nSPS) is 10.6. The zero-order valence-corrected chi connectivity index (χ0v) is 11.1. The van der Waals surface area contributed by atoms with Gasteiger partial charge < -0.3 is 5.32 Å². The zero-order chi connectivity index (χ0) is 13.2. The summed E-state index contributed by atoms with van der Waals surface area (Å²) < 4.78 is 0. The third kappa shape index (κ3) is 2.51. The average Bonchev–Trinajstić information content (AvgIpc) is 2.38. The van der Waals surface area contributed by atoms with Crippen molar-refractivity contribution in [3.8, 4) is 0 Å². The Labute approximate surface area is 116 Å². The number of rotatable bonds is 2. The van der Waals surface area contributed by atoms with Gasteiger partial charge in [-0.3, -0.25) is 0 Å². The molecule has 0 fully saturated rings. The number of hydrogen-bond donors (Lipinski definition) is 1. The molecule has 1 N–H and O–H groups in total. The molecule has 1 aromatic heterocycles. The van der Waals surface area contributed by atoms with Gasteiger partial charge in [-0.15, -0.1) is 0 Å². The first-order chi connectivity index (χ1) is 9.22. The number of hydrogen-bond acceptors (Lipinski definition) is 3. The van der Waals surface area contributed by atoms with Crippen LogP contribution in [-0.4, -0.2) is 9.97 Å². The summed E-state index contributed by atoms with van der Waals surface area (Å²) in [5, 5.41) is 5.97. The van der Waals surface area contributed by atoms with Gasteiger partial charge in [-0.1, -0.05) is 48.0 Å². The van der Waals surface area contributed by atoms with Crippen molar-refractivity contribution in [3.05, 3.63) is 59.4 Å². The summed E-state index contributed by atoms with van der Waals surface area (Å²) in [6.45, 7) is 1.89. The molecule has 3 nitrogen and oxygen atoms in total. The molecule has 0 amide bonds. The predicted molar refractivity (Wildman–Crippen MR) is 79.0 cm³/mol. The van der Waals surface area contributed by atoms with E-state index in [9.17, 15) is 0 Å². The van der Waals surface area contributed by atoms with Crippen molar-refractivity contribution < 1.29 is 0 Å². The number of nitrogens with one attached hydrogen (secondary N) is 1. The van der Waals surface area contributed by atoms with Crippen molar-refractivity contribution in [1.82, 2.24) is 9.97 Å². The molecule has 0 atom stereocenters. The van der Waals surface area contributed by atoms with Crippen molar-refractivity contribution in [2.24, 2.45) is 0 Å². The first kappa shape index (κ1) is 11.9. The van der Waals surface area contributed by atoms with Crippen LogP contribution >= 0.6 is 11.6 Å². The van der Waals surface area contributed by atoms with Crippen LogP contribution < -0.4 is 5.32 Å². The van der Waals surface area contributed by atoms with E-state index in [1.807, 2.05) is 31.2 Å². The predicted octanol–water partition coefficient (Wildman–Crippen LogP) is 4.34. The Kier molecular flexibility index (Phi) is 3.05. The third-order valence-corrected chi connectivity index (χ3v) is 3.05. The lowest BCUT2D eigenvalue weighted by atomic mass is 10.1. The lowest BCUT2D eigenvalue weighted by Gasteiger charge is -2.09. The van der Waals surface area contributed by atoms with Gasteiger partial charge in [0.25, 0.3) is 0 Å². The summed E-state index contributed by atoms with van der Waals surface area (Å²) in [6, 6.07) is 16.0. The van der Waals surface area contributed by atoms with Gasteiger partial charge in [-0.25, -0.2) is 9.97 Å². The van der Waals surface area contributed by atoms with Crippen LogP contribution in [0.25, 0.3) is 10.8 Å². The molecule has 0 spiro atoms. The smallest absolute Gasteiger partial charge is 0.228 e. The van der Waals surface area contributed by atoms with Gasteiger partial charge in [0.05, 0.1) is 0 Å². The molecule has 0 unspecified atom stereocenters. The number of halogens is 1. The minimum atomic E-state index is 0.440. The zero-order valence-electron chi connectivity index (χ0n) is 10.4. The van der Waals surface area contributed by atoms with Gasteiger partial charge in [-0.05, 0) is 24.4 Å². The molecule has 0 radical (unpaired) electrons. The molecule has 19 heavy (non-hydrogen) atoms. The summed E-state index contributed by atoms with van der Waals surface area (Å²) in [5.41, 5.74) is 1.81. The van der Waals surface area contributed by atoms with Crippen molar-refractivity contribution >= 4 is 34.0 Å². The Balaban J connectivity index is 2.05. The van der Waals surface area contributed by atoms with E-state index in [-0.39, 0.29) is 0 Å². The highest BCUT2D eigenvalue weighted by molar-refractivity contribution is 6.29. The number of aryl methyl sites for hydroxylation is 1. The van der Waals surface area contributed by atoms with Crippen LogP contribution in [0.2, 0.25) is 5.15 Å². The van der Waals surface area contributed by atoms with E-state index in [1.54, 1.807) is 6.07 Å². The Bertz CT molecular complexity index is 715. The molecule has 3 rings (SSSR count). The Morgan fingerprint density at radius 3 is 2.63 bits per heavy atom. The maximum Gasteiger partial charge on any atom is 0.228 e. The van der Waals surface area contributed by atoms with Crippen LogP contribution in [0.3, 0.4) is 0 Å². The third-order valence-electron chi connectivity index (χ3n) is 2.86. The van der Waals surface area contributed by atoms with E-state index in [0.717, 1.165) is 16.8 Å². The first-order valence-corrected chi connectivity index (χ1v) is 6.36. The van der Waals surface area contributed by atoms with Gasteiger partial charge in [0.2, 0.25) is 5.95 Å². The molecule has 1 heterocycles. The first-order valence-electron chi connectivity index (χ1n) is 5.98. The maximum atomic E-state index is 5.94. The van der Waals surface area contributed by atoms with Gasteiger partial charge in [0, 0.05) is 16.8 Å². The van der Waals surface area contributed by atoms with E-state index < -0.39 is 0 Å². The SMILES string of the molecule is Cc1cc(Cl)nc(Nc2cccc3ccccc23)n1. The van der Waals surface area contributed by atoms with Crippen LogP contribution in [0, 0.1) is 6.92 Å². The molecule has 0 aliphatic carbocycles. The summed E-state index contributed by atoms with van der Waals surface area (Å²) in [5.74, 6) is 0.515. The van der Waals surface area contributed by atoms with Crippen molar-refractivity contribution in [2.75, 3.05) is 5.32 Å². The average molecular weight is 270 g/mol. The van der Waals surface area contributed by atoms with Gasteiger partial charge >= 0.3 is 0 Å². The molecular formula is C15H12ClN3. The molecule has 0 aliphatic heterocycles. The second kappa shape index (κ2) is 4.86. The number of benzene rings is 2. The van der Waals surface area contributed by atoms with Crippen molar-refractivity contribution in [1.29, 1.82) is 0 Å². The van der Waals surface area contributed by atoms with Crippen molar-refractivity contribution in [3.63, 3.8) is 0 Å². The fraction of sp³-hybridized carbons (Fsp3) is 0.0667. The largest absolute Gasteiger partial charge is 0.324 e. The van der Waals surface area contributed by atoms with E-state index in [2.05, 4.69) is 33.5 Å². The monoisotopic (exact) mass is 269 g/mol. The fourth-order valence-electron chi connectivity index (χ4n) is 2.04. The van der Waals surface area contributed by atoms with Crippen LogP contribution in [0.5, 0.6) is 0 Å². The molecular weight excluding hydrogens is 258 g/mol. The lowest BCUT2D eigenvalue weighted by molar-refractivity contribution is 1.11. The lowest BCUT2D eigenvalue weighted by Crippen LogP contribution is -1.99. The Morgan fingerprint density at radius 2 is 1.79 bits per heavy atom. The molecule has 0 saturated heterocycles. The van der Waals surface area contributed by atoms with Crippen LogP contribution in [0.4, 0.5) is 11.6 Å². The second-order valence-electron chi connectivity index (χ2n) is 4.31. The van der Waals surface area contributed by atoms with Gasteiger partial charge in [0.1, 0.15) is 5.15 Å². The topological polar surface area (TPSA) is 37.8 Å². The molecule has 0 aliphatic rings. The highest BCUT2D eigenvalue weighted by atomic mass is 35.5. The van der Waals surface area contributed by atoms with Gasteiger partial charge in [0.15, 0.2) is 0 Å². The quantitative estimate of drug-likeness (QED) is 0.704. The molecule has 94 valence electrons. The highest BCUT2D eigenvalue weighted by Crippen LogP contribution is 2.25. The standard InChI is InChI=1S/C15H12ClN3/c1-10-9-14(16)19-15(17-10)18-13-8-4-6-11-5-2-3-7-12(11)13/h2-9H,1H3,(H,17,18,19). The molecule has 0 bridgehead atoms. The molecule has 4 heteroatoms. The summed E-state index contributed by atoms with van der Waals surface area (Å²) in [6.07, 6.45) is 0. The van der Waals surface area contributed by atoms with E-state index in [0.29, 0.717) is 11.1 Å². The summed E-state index contributed by atoms with van der Waals surface area (Å²) >= 11 is 5.94. The van der Waals surface area contributed by atoms with Crippen LogP contribution in [0.15, 0.2) is 48.5 Å². The number of nitrogens with zero attached hydrogens (tertiary/aromatic N) is 2. The maximum absolute atomic E-state index is 5.94. The molecule has 2 aromatic carbocycles. The molecule has 3 aromatic rings. The Hall–Kier alpha value is -2.13. The summed E-state index contributed by atoms with van der Waals surface area (Å²) in [4.78, 5) is 8.51. The minimum Gasteiger partial charge on any atom is -0.324 e. The number of aromatic nitrogens is 2. The van der Waals surface area contributed by atoms with E-state index >= 15 is 0 Å². The summed E-state index contributed by atoms with van der Waals surface area (Å²) in [7, 11) is 0.